The number of phenols is 1. The lowest BCUT2D eigenvalue weighted by Gasteiger charge is -2.01. The number of benzene rings is 1. The molecule has 0 saturated heterocycles. The van der Waals surface area contributed by atoms with E-state index in [4.69, 9.17) is 0 Å². The number of hydrogen-bond acceptors (Lipinski definition) is 6. The van der Waals surface area contributed by atoms with Gasteiger partial charge in [0.05, 0.1) is 5.56 Å². The smallest absolute Gasteiger partial charge is 0.221 e. The van der Waals surface area contributed by atoms with Crippen LogP contribution in [0, 0.1) is 0 Å². The zero-order valence-corrected chi connectivity index (χ0v) is 9.80. The van der Waals surface area contributed by atoms with Gasteiger partial charge in [-0.15, -0.1) is 20.4 Å². The number of para-hydroxylation sites is 1. The van der Waals surface area contributed by atoms with Gasteiger partial charge >= 0.3 is 0 Å². The molecule has 2 heterocycles. The molecule has 1 N–H and O–H groups in total. The summed E-state index contributed by atoms with van der Waals surface area (Å²) in [4.78, 5) is 4.11. The number of aromatic nitrogens is 5. The Labute approximate surface area is 108 Å². The highest BCUT2D eigenvalue weighted by atomic mass is 16.3. The number of nitrogens with zero attached hydrogens (tertiary/aromatic N) is 5. The summed E-state index contributed by atoms with van der Waals surface area (Å²) in [5, 5.41) is 25.6. The molecule has 3 aromatic rings. The van der Waals surface area contributed by atoms with Crippen molar-refractivity contribution < 1.29 is 5.11 Å². The molecular formula is C13H9N5O. The zero-order valence-electron chi connectivity index (χ0n) is 9.80. The Morgan fingerprint density at radius 1 is 0.737 bits per heavy atom. The van der Waals surface area contributed by atoms with Crippen LogP contribution < -0.4 is 0 Å². The van der Waals surface area contributed by atoms with Gasteiger partial charge in [0.1, 0.15) is 11.4 Å². The molecule has 0 saturated carbocycles. The highest BCUT2D eigenvalue weighted by molar-refractivity contribution is 5.62. The lowest BCUT2D eigenvalue weighted by molar-refractivity contribution is 0.476. The van der Waals surface area contributed by atoms with Crippen LogP contribution in [-0.4, -0.2) is 30.5 Å². The maximum absolute atomic E-state index is 9.70. The second-order valence-electron chi connectivity index (χ2n) is 3.78. The summed E-state index contributed by atoms with van der Waals surface area (Å²) in [5.74, 6) is 0.717. The molecule has 0 unspecified atom stereocenters. The van der Waals surface area contributed by atoms with E-state index in [1.165, 1.54) is 0 Å². The van der Waals surface area contributed by atoms with Gasteiger partial charge in [-0.3, -0.25) is 4.98 Å². The fourth-order valence-electron chi connectivity index (χ4n) is 1.60. The molecule has 0 spiro atoms. The molecule has 1 aromatic carbocycles. The van der Waals surface area contributed by atoms with Crippen molar-refractivity contribution in [3.05, 3.63) is 48.7 Å². The van der Waals surface area contributed by atoms with Crippen molar-refractivity contribution in [1.82, 2.24) is 25.4 Å². The van der Waals surface area contributed by atoms with E-state index in [1.54, 1.807) is 42.6 Å². The lowest BCUT2D eigenvalue weighted by Crippen LogP contribution is -2.00. The lowest BCUT2D eigenvalue weighted by atomic mass is 10.2. The maximum Gasteiger partial charge on any atom is 0.221 e. The Morgan fingerprint density at radius 2 is 1.42 bits per heavy atom. The first-order valence-electron chi connectivity index (χ1n) is 5.62. The molecule has 92 valence electrons. The Kier molecular flexibility index (Phi) is 2.82. The van der Waals surface area contributed by atoms with Gasteiger partial charge in [-0.05, 0) is 24.3 Å². The van der Waals surface area contributed by atoms with Crippen molar-refractivity contribution in [3.63, 3.8) is 0 Å². The van der Waals surface area contributed by atoms with E-state index in [1.807, 2.05) is 6.07 Å². The molecule has 6 nitrogen and oxygen atoms in total. The third-order valence-electron chi connectivity index (χ3n) is 2.52. The minimum Gasteiger partial charge on any atom is -0.507 e. The molecule has 0 aliphatic heterocycles. The van der Waals surface area contributed by atoms with Crippen LogP contribution in [0.2, 0.25) is 0 Å². The van der Waals surface area contributed by atoms with E-state index in [0.717, 1.165) is 0 Å². The van der Waals surface area contributed by atoms with Crippen molar-refractivity contribution in [3.8, 4) is 28.7 Å². The van der Waals surface area contributed by atoms with Crippen LogP contribution in [0.3, 0.4) is 0 Å². The fraction of sp³-hybridized carbons (Fsp3) is 0. The van der Waals surface area contributed by atoms with Crippen molar-refractivity contribution in [2.45, 2.75) is 0 Å². The largest absolute Gasteiger partial charge is 0.507 e. The second kappa shape index (κ2) is 4.77. The summed E-state index contributed by atoms with van der Waals surface area (Å²) < 4.78 is 0. The topological polar surface area (TPSA) is 84.7 Å². The summed E-state index contributed by atoms with van der Waals surface area (Å²) in [6.07, 6.45) is 1.65. The van der Waals surface area contributed by atoms with Gasteiger partial charge in [0, 0.05) is 6.20 Å². The van der Waals surface area contributed by atoms with E-state index < -0.39 is 0 Å². The quantitative estimate of drug-likeness (QED) is 0.746. The number of rotatable bonds is 2. The Morgan fingerprint density at radius 3 is 2.11 bits per heavy atom. The van der Waals surface area contributed by atoms with Gasteiger partial charge in [0.2, 0.25) is 11.6 Å². The fourth-order valence-corrected chi connectivity index (χ4v) is 1.60. The van der Waals surface area contributed by atoms with Crippen LogP contribution in [0.4, 0.5) is 0 Å². The molecule has 0 fully saturated rings. The van der Waals surface area contributed by atoms with Crippen LogP contribution in [0.1, 0.15) is 0 Å². The standard InChI is InChI=1S/C13H9N5O/c19-11-7-2-1-5-9(11)12-15-17-13(18-16-12)10-6-3-4-8-14-10/h1-8,19H. The Balaban J connectivity index is 1.98. The normalized spacial score (nSPS) is 10.3. The number of hydrogen-bond donors (Lipinski definition) is 1. The average Bonchev–Trinajstić information content (AvgIpc) is 2.49. The number of phenolic OH excluding ortho intramolecular Hbond substituents is 1. The summed E-state index contributed by atoms with van der Waals surface area (Å²) in [5.41, 5.74) is 1.10. The second-order valence-corrected chi connectivity index (χ2v) is 3.78. The van der Waals surface area contributed by atoms with Crippen LogP contribution in [0.25, 0.3) is 22.9 Å². The van der Waals surface area contributed by atoms with Gasteiger partial charge in [-0.2, -0.15) is 0 Å². The van der Waals surface area contributed by atoms with Gasteiger partial charge in [-0.25, -0.2) is 0 Å². The third-order valence-corrected chi connectivity index (χ3v) is 2.52. The van der Waals surface area contributed by atoms with E-state index in [9.17, 15) is 5.11 Å². The van der Waals surface area contributed by atoms with Crippen molar-refractivity contribution >= 4 is 0 Å². The monoisotopic (exact) mass is 251 g/mol. The molecule has 0 aliphatic carbocycles. The molecule has 6 heteroatoms. The highest BCUT2D eigenvalue weighted by Gasteiger charge is 2.09. The molecule has 19 heavy (non-hydrogen) atoms. The van der Waals surface area contributed by atoms with E-state index in [-0.39, 0.29) is 11.6 Å². The molecule has 0 aliphatic rings. The predicted molar refractivity (Wildman–Crippen MR) is 68.0 cm³/mol. The van der Waals surface area contributed by atoms with Crippen LogP contribution in [-0.2, 0) is 0 Å². The van der Waals surface area contributed by atoms with Gasteiger partial charge in [-0.1, -0.05) is 18.2 Å². The molecule has 3 rings (SSSR count). The van der Waals surface area contributed by atoms with Crippen LogP contribution >= 0.6 is 0 Å². The first-order valence-corrected chi connectivity index (χ1v) is 5.62. The minimum absolute atomic E-state index is 0.0942. The summed E-state index contributed by atoms with van der Waals surface area (Å²) in [6, 6.07) is 12.2. The molecule has 0 amide bonds. The Bertz CT molecular complexity index is 685. The molecule has 0 bridgehead atoms. The summed E-state index contributed by atoms with van der Waals surface area (Å²) in [6.45, 7) is 0. The van der Waals surface area contributed by atoms with Gasteiger partial charge < -0.3 is 5.11 Å². The first-order chi connectivity index (χ1) is 9.34. The van der Waals surface area contributed by atoms with Crippen LogP contribution in [0.15, 0.2) is 48.7 Å². The molecule has 2 aromatic heterocycles. The summed E-state index contributed by atoms with van der Waals surface area (Å²) >= 11 is 0. The number of pyridine rings is 1. The average molecular weight is 251 g/mol. The third kappa shape index (κ3) is 2.23. The van der Waals surface area contributed by atoms with Crippen LogP contribution in [0.5, 0.6) is 5.75 Å². The van der Waals surface area contributed by atoms with E-state index in [2.05, 4.69) is 25.4 Å². The maximum atomic E-state index is 9.70. The van der Waals surface area contributed by atoms with Gasteiger partial charge in [0.15, 0.2) is 0 Å². The van der Waals surface area contributed by atoms with E-state index >= 15 is 0 Å². The SMILES string of the molecule is Oc1ccccc1-c1nnc(-c2ccccn2)nn1. The Hall–Kier alpha value is -2.89. The molecular weight excluding hydrogens is 242 g/mol. The molecule has 0 atom stereocenters. The van der Waals surface area contributed by atoms with Crippen molar-refractivity contribution in [2.24, 2.45) is 0 Å². The first kappa shape index (κ1) is 11.2. The summed E-state index contributed by atoms with van der Waals surface area (Å²) in [7, 11) is 0. The minimum atomic E-state index is 0.0942. The van der Waals surface area contributed by atoms with Crippen molar-refractivity contribution in [2.75, 3.05) is 0 Å². The zero-order chi connectivity index (χ0) is 13.1. The predicted octanol–water partition coefficient (Wildman–Crippen LogP) is 1.70. The highest BCUT2D eigenvalue weighted by Crippen LogP contribution is 2.24. The number of aromatic hydroxyl groups is 1. The van der Waals surface area contributed by atoms with E-state index in [0.29, 0.717) is 17.1 Å². The van der Waals surface area contributed by atoms with Gasteiger partial charge in [0.25, 0.3) is 0 Å². The molecule has 0 radical (unpaired) electrons. The van der Waals surface area contributed by atoms with Crippen molar-refractivity contribution in [1.29, 1.82) is 0 Å².